The Bertz CT molecular complexity index is 568. The summed E-state index contributed by atoms with van der Waals surface area (Å²) in [5, 5.41) is 7.63. The van der Waals surface area contributed by atoms with Crippen LogP contribution in [0.4, 0.5) is 32.2 Å². The highest BCUT2D eigenvalue weighted by Crippen LogP contribution is 2.07. The average Bonchev–Trinajstić information content (AvgIpc) is 2.61. The number of amides is 6. The lowest BCUT2D eigenvalue weighted by molar-refractivity contribution is 0.248. The number of hydrogen-bond acceptors (Lipinski definition) is 12. The molecule has 1 aromatic heterocycles. The maximum atomic E-state index is 10.9. The molecule has 18 heteroatoms. The van der Waals surface area contributed by atoms with E-state index in [-0.39, 0.29) is 17.8 Å². The van der Waals surface area contributed by atoms with Crippen molar-refractivity contribution in [3.8, 4) is 0 Å². The highest BCUT2D eigenvalue weighted by molar-refractivity contribution is 5.76. The van der Waals surface area contributed by atoms with Crippen molar-refractivity contribution in [2.75, 3.05) is 16.3 Å². The van der Waals surface area contributed by atoms with Gasteiger partial charge < -0.3 is 0 Å². The van der Waals surface area contributed by atoms with Crippen molar-refractivity contribution >= 4 is 35.9 Å². The molecule has 24 heavy (non-hydrogen) atoms. The third-order valence-corrected chi connectivity index (χ3v) is 1.78. The summed E-state index contributed by atoms with van der Waals surface area (Å²) in [7, 11) is 0. The van der Waals surface area contributed by atoms with Gasteiger partial charge in [0, 0.05) is 0 Å². The zero-order valence-corrected chi connectivity index (χ0v) is 11.4. The molecule has 1 aromatic rings. The molecule has 0 radical (unpaired) electrons. The van der Waals surface area contributed by atoms with Crippen molar-refractivity contribution in [3.05, 3.63) is 0 Å². The van der Waals surface area contributed by atoms with Crippen molar-refractivity contribution in [1.82, 2.24) is 31.2 Å². The van der Waals surface area contributed by atoms with Crippen molar-refractivity contribution in [2.45, 2.75) is 0 Å². The molecule has 18 nitrogen and oxygen atoms in total. The monoisotopic (exact) mass is 339 g/mol. The molecule has 0 bridgehead atoms. The summed E-state index contributed by atoms with van der Waals surface area (Å²) in [6.07, 6.45) is 0. The number of anilines is 3. The Balaban J connectivity index is 2.90. The zero-order valence-electron chi connectivity index (χ0n) is 11.4. The number of nitrogens with zero attached hydrogens (tertiary/aromatic N) is 6. The van der Waals surface area contributed by atoms with Crippen molar-refractivity contribution < 1.29 is 14.4 Å². The van der Waals surface area contributed by atoms with Gasteiger partial charge in [-0.2, -0.15) is 31.5 Å². The molecule has 0 aliphatic rings. The SMILES string of the molecule is N=NC(=O)NNc1nc(NNC(=O)N=N)nc(NNC(=O)N=N)n1. The van der Waals surface area contributed by atoms with E-state index in [0.717, 1.165) is 0 Å². The second-order valence-electron chi connectivity index (χ2n) is 3.31. The minimum Gasteiger partial charge on any atom is -0.264 e. The van der Waals surface area contributed by atoms with E-state index in [1.807, 2.05) is 16.3 Å². The minimum absolute atomic E-state index is 0.291. The number of carbonyl (C=O) groups excluding carboxylic acids is 3. The lowest BCUT2D eigenvalue weighted by atomic mass is 10.8. The minimum atomic E-state index is -1.05. The molecule has 0 spiro atoms. The average molecular weight is 339 g/mol. The largest absolute Gasteiger partial charge is 0.377 e. The normalized spacial score (nSPS) is 9.00. The van der Waals surface area contributed by atoms with Gasteiger partial charge in [0.1, 0.15) is 0 Å². The second kappa shape index (κ2) is 8.81. The van der Waals surface area contributed by atoms with Gasteiger partial charge in [0.15, 0.2) is 0 Å². The molecule has 0 atom stereocenters. The van der Waals surface area contributed by atoms with Crippen LogP contribution in [0.1, 0.15) is 0 Å². The fourth-order valence-electron chi connectivity index (χ4n) is 0.956. The fourth-order valence-corrected chi connectivity index (χ4v) is 0.956. The van der Waals surface area contributed by atoms with E-state index in [2.05, 4.69) is 46.6 Å². The summed E-state index contributed by atoms with van der Waals surface area (Å²) < 4.78 is 0. The van der Waals surface area contributed by atoms with Crippen LogP contribution in [0.5, 0.6) is 0 Å². The molecule has 0 unspecified atom stereocenters. The van der Waals surface area contributed by atoms with E-state index in [1.54, 1.807) is 0 Å². The van der Waals surface area contributed by atoms with Crippen molar-refractivity contribution in [1.29, 1.82) is 16.6 Å². The maximum absolute atomic E-state index is 10.9. The van der Waals surface area contributed by atoms with Crippen LogP contribution in [-0.2, 0) is 0 Å². The molecule has 0 saturated carbocycles. The Labute approximate surface area is 131 Å². The first-order valence-corrected chi connectivity index (χ1v) is 5.55. The predicted molar refractivity (Wildman–Crippen MR) is 71.7 cm³/mol. The first-order valence-electron chi connectivity index (χ1n) is 5.55. The lowest BCUT2D eigenvalue weighted by Gasteiger charge is -2.10. The number of nitrogens with one attached hydrogen (secondary N) is 9. The van der Waals surface area contributed by atoms with E-state index < -0.39 is 18.1 Å². The summed E-state index contributed by atoms with van der Waals surface area (Å²) in [4.78, 5) is 43.7. The molecule has 0 aliphatic heterocycles. The Morgan fingerprint density at radius 2 is 0.875 bits per heavy atom. The van der Waals surface area contributed by atoms with E-state index in [4.69, 9.17) is 16.6 Å². The van der Waals surface area contributed by atoms with Crippen LogP contribution in [0.15, 0.2) is 15.3 Å². The van der Waals surface area contributed by atoms with E-state index in [9.17, 15) is 14.4 Å². The number of rotatable bonds is 6. The summed E-state index contributed by atoms with van der Waals surface area (Å²) in [5.41, 5.74) is 31.7. The van der Waals surface area contributed by atoms with Gasteiger partial charge in [0.05, 0.1) is 0 Å². The van der Waals surface area contributed by atoms with E-state index in [1.165, 1.54) is 0 Å². The van der Waals surface area contributed by atoms with E-state index >= 15 is 0 Å². The smallest absolute Gasteiger partial charge is 0.264 e. The van der Waals surface area contributed by atoms with Gasteiger partial charge in [0.2, 0.25) is 17.8 Å². The zero-order chi connectivity index (χ0) is 17.9. The molecular weight excluding hydrogens is 330 g/mol. The molecule has 0 aromatic carbocycles. The number of hydrazine groups is 3. The third kappa shape index (κ3) is 5.94. The van der Waals surface area contributed by atoms with Crippen LogP contribution in [0, 0.1) is 16.6 Å². The number of carbonyl (C=O) groups is 3. The quantitative estimate of drug-likeness (QED) is 0.250. The Morgan fingerprint density at radius 3 is 1.08 bits per heavy atom. The summed E-state index contributed by atoms with van der Waals surface area (Å²) in [6, 6.07) is -3.16. The standard InChI is InChI=1S/C6H9N15O3/c7-13-4(22)19-16-1-10-2(17-20-5(23)14-8)12-3(11-1)18-21-6(24)15-9/h7-9H,(H,19,22)(H,20,23)(H,21,24)(H3,10,11,12,16,17,18). The number of urea groups is 3. The van der Waals surface area contributed by atoms with Gasteiger partial charge in [-0.1, -0.05) is 15.3 Å². The predicted octanol–water partition coefficient (Wildman–Crippen LogP) is 0.0740. The Kier molecular flexibility index (Phi) is 6.48. The topological polar surface area (TPSA) is 271 Å². The van der Waals surface area contributed by atoms with E-state index in [0.29, 0.717) is 0 Å². The summed E-state index contributed by atoms with van der Waals surface area (Å²) in [6.45, 7) is 0. The molecule has 1 heterocycles. The van der Waals surface area contributed by atoms with Gasteiger partial charge in [-0.15, -0.1) is 0 Å². The van der Waals surface area contributed by atoms with Crippen LogP contribution in [0.2, 0.25) is 0 Å². The van der Waals surface area contributed by atoms with Crippen LogP contribution in [0.3, 0.4) is 0 Å². The summed E-state index contributed by atoms with van der Waals surface area (Å²) in [5.74, 6) is -0.872. The molecule has 0 saturated heterocycles. The van der Waals surface area contributed by atoms with Crippen LogP contribution in [0.25, 0.3) is 0 Å². The molecular formula is C6H9N15O3. The van der Waals surface area contributed by atoms with Gasteiger partial charge in [-0.25, -0.2) is 30.7 Å². The Morgan fingerprint density at radius 1 is 0.625 bits per heavy atom. The first kappa shape index (κ1) is 17.7. The molecule has 1 rings (SSSR count). The number of hydrogen-bond donors (Lipinski definition) is 9. The van der Waals surface area contributed by atoms with Crippen LogP contribution < -0.4 is 32.6 Å². The third-order valence-electron chi connectivity index (χ3n) is 1.78. The molecule has 6 amide bonds. The molecule has 9 N–H and O–H groups in total. The molecule has 0 fully saturated rings. The maximum Gasteiger partial charge on any atom is 0.377 e. The molecule has 0 aliphatic carbocycles. The first-order chi connectivity index (χ1) is 11.5. The van der Waals surface area contributed by atoms with Gasteiger partial charge in [0.25, 0.3) is 0 Å². The van der Waals surface area contributed by atoms with Crippen molar-refractivity contribution in [3.63, 3.8) is 0 Å². The van der Waals surface area contributed by atoms with Crippen molar-refractivity contribution in [2.24, 2.45) is 15.3 Å². The second-order valence-corrected chi connectivity index (χ2v) is 3.31. The highest BCUT2D eigenvalue weighted by Gasteiger charge is 2.09. The lowest BCUT2D eigenvalue weighted by Crippen LogP contribution is -2.32. The van der Waals surface area contributed by atoms with Crippen LogP contribution in [-0.4, -0.2) is 33.0 Å². The van der Waals surface area contributed by atoms with Crippen LogP contribution >= 0.6 is 0 Å². The van der Waals surface area contributed by atoms with Gasteiger partial charge >= 0.3 is 18.1 Å². The van der Waals surface area contributed by atoms with Gasteiger partial charge in [-0.3, -0.25) is 16.3 Å². The highest BCUT2D eigenvalue weighted by atomic mass is 16.2. The summed E-state index contributed by atoms with van der Waals surface area (Å²) >= 11 is 0. The van der Waals surface area contributed by atoms with Gasteiger partial charge in [-0.05, 0) is 0 Å². The number of aromatic nitrogens is 3. The fraction of sp³-hybridized carbons (Fsp3) is 0. The molecule has 126 valence electrons. The Hall–Kier alpha value is -4.38.